The molecule has 2 N–H and O–H groups in total. The minimum absolute atomic E-state index is 0.274. The Labute approximate surface area is 66.0 Å². The van der Waals surface area contributed by atoms with Crippen LogP contribution in [0.25, 0.3) is 0 Å². The van der Waals surface area contributed by atoms with Gasteiger partial charge in [-0.1, -0.05) is 0 Å². The minimum atomic E-state index is -1.17. The monoisotopic (exact) mass is 157 g/mol. The molecule has 0 atom stereocenters. The van der Waals surface area contributed by atoms with E-state index in [1.165, 1.54) is 0 Å². The van der Waals surface area contributed by atoms with Crippen molar-refractivity contribution in [1.29, 1.82) is 0 Å². The van der Waals surface area contributed by atoms with Crippen molar-refractivity contribution in [3.8, 4) is 0 Å². The Bertz CT molecular complexity index is 153. The predicted octanol–water partition coefficient (Wildman–Crippen LogP) is -0.939. The Morgan fingerprint density at radius 1 is 1.55 bits per heavy atom. The van der Waals surface area contributed by atoms with E-state index in [9.17, 15) is 9.90 Å². The predicted molar refractivity (Wildman–Crippen MR) is 39.0 cm³/mol. The van der Waals surface area contributed by atoms with Crippen molar-refractivity contribution in [2.75, 3.05) is 13.1 Å². The van der Waals surface area contributed by atoms with Gasteiger partial charge in [-0.05, 0) is 32.9 Å². The van der Waals surface area contributed by atoms with Crippen LogP contribution in [0.5, 0.6) is 0 Å². The summed E-state index contributed by atoms with van der Waals surface area (Å²) >= 11 is 0. The number of amides is 1. The molecule has 0 radical (unpaired) electrons. The molecule has 64 valence electrons. The number of nitrogens with one attached hydrogen (secondary N) is 2. The highest BCUT2D eigenvalue weighted by Gasteiger charge is 2.25. The maximum absolute atomic E-state index is 10.2. The summed E-state index contributed by atoms with van der Waals surface area (Å²) in [5.41, 5.74) is -0.274. The number of carbonyl (C=O) groups excluding carboxylic acids is 1. The molecule has 0 saturated carbocycles. The first-order valence-electron chi connectivity index (χ1n) is 3.82. The number of rotatable bonds is 1. The molecule has 1 rings (SSSR count). The molecule has 0 spiro atoms. The van der Waals surface area contributed by atoms with Crippen LogP contribution in [0.15, 0.2) is 0 Å². The number of carboxylic acid groups (broad SMARTS) is 1. The second kappa shape index (κ2) is 3.09. The van der Waals surface area contributed by atoms with Crippen molar-refractivity contribution in [2.24, 2.45) is 0 Å². The zero-order chi connectivity index (χ0) is 8.32. The lowest BCUT2D eigenvalue weighted by Gasteiger charge is -2.35. The summed E-state index contributed by atoms with van der Waals surface area (Å²) in [4.78, 5) is 10.2. The number of carbonyl (C=O) groups is 1. The molecular formula is C7H13N2O2-. The van der Waals surface area contributed by atoms with Crippen LogP contribution in [0.1, 0.15) is 19.8 Å². The highest BCUT2D eigenvalue weighted by Crippen LogP contribution is 2.16. The van der Waals surface area contributed by atoms with Crippen LogP contribution in [0, 0.1) is 0 Å². The summed E-state index contributed by atoms with van der Waals surface area (Å²) in [6.45, 7) is 3.65. The SMILES string of the molecule is CC1(NC(=O)[O-])CCNCC1. The second-order valence-electron chi connectivity index (χ2n) is 3.22. The molecule has 0 bridgehead atoms. The van der Waals surface area contributed by atoms with Crippen molar-refractivity contribution >= 4 is 6.09 Å². The van der Waals surface area contributed by atoms with Crippen molar-refractivity contribution in [2.45, 2.75) is 25.3 Å². The minimum Gasteiger partial charge on any atom is -0.530 e. The third-order valence-electron chi connectivity index (χ3n) is 2.11. The lowest BCUT2D eigenvalue weighted by molar-refractivity contribution is -0.253. The molecule has 0 aromatic carbocycles. The van der Waals surface area contributed by atoms with E-state index in [1.807, 2.05) is 6.92 Å². The molecule has 4 heteroatoms. The van der Waals surface area contributed by atoms with Gasteiger partial charge in [0.05, 0.1) is 0 Å². The largest absolute Gasteiger partial charge is 0.530 e. The smallest absolute Gasteiger partial charge is 0.134 e. The van der Waals surface area contributed by atoms with Gasteiger partial charge in [0.2, 0.25) is 0 Å². The fraction of sp³-hybridized carbons (Fsp3) is 0.857. The Balaban J connectivity index is 2.43. The van der Waals surface area contributed by atoms with E-state index in [4.69, 9.17) is 0 Å². The van der Waals surface area contributed by atoms with Gasteiger partial charge in [0.1, 0.15) is 6.09 Å². The molecule has 0 aromatic heterocycles. The van der Waals surface area contributed by atoms with Gasteiger partial charge >= 0.3 is 0 Å². The molecule has 1 amide bonds. The summed E-state index contributed by atoms with van der Waals surface area (Å²) in [5, 5.41) is 15.8. The Hall–Kier alpha value is -0.770. The summed E-state index contributed by atoms with van der Waals surface area (Å²) in [5.74, 6) is 0. The van der Waals surface area contributed by atoms with E-state index >= 15 is 0 Å². The topological polar surface area (TPSA) is 64.2 Å². The van der Waals surface area contributed by atoms with E-state index in [1.54, 1.807) is 0 Å². The lowest BCUT2D eigenvalue weighted by atomic mass is 9.91. The van der Waals surface area contributed by atoms with Crippen molar-refractivity contribution in [3.05, 3.63) is 0 Å². The van der Waals surface area contributed by atoms with Crippen LogP contribution < -0.4 is 15.7 Å². The van der Waals surface area contributed by atoms with Gasteiger partial charge in [-0.15, -0.1) is 0 Å². The maximum Gasteiger partial charge on any atom is 0.134 e. The van der Waals surface area contributed by atoms with Crippen LogP contribution in [0.2, 0.25) is 0 Å². The number of piperidine rings is 1. The summed E-state index contributed by atoms with van der Waals surface area (Å²) < 4.78 is 0. The van der Waals surface area contributed by atoms with Gasteiger partial charge in [-0.2, -0.15) is 0 Å². The van der Waals surface area contributed by atoms with E-state index in [-0.39, 0.29) is 5.54 Å². The molecule has 11 heavy (non-hydrogen) atoms. The molecule has 0 aromatic rings. The number of hydrogen-bond acceptors (Lipinski definition) is 3. The van der Waals surface area contributed by atoms with Gasteiger partial charge in [-0.3, -0.25) is 0 Å². The van der Waals surface area contributed by atoms with Crippen molar-refractivity contribution in [3.63, 3.8) is 0 Å². The molecule has 1 saturated heterocycles. The maximum atomic E-state index is 10.2. The fourth-order valence-electron chi connectivity index (χ4n) is 1.35. The van der Waals surface area contributed by atoms with Crippen molar-refractivity contribution < 1.29 is 9.90 Å². The van der Waals surface area contributed by atoms with Crippen LogP contribution in [-0.2, 0) is 0 Å². The average molecular weight is 157 g/mol. The zero-order valence-corrected chi connectivity index (χ0v) is 6.64. The average Bonchev–Trinajstić information content (AvgIpc) is 1.85. The van der Waals surface area contributed by atoms with Gasteiger partial charge in [0, 0.05) is 5.54 Å². The molecule has 1 aliphatic rings. The Kier molecular flexibility index (Phi) is 2.34. The highest BCUT2D eigenvalue weighted by molar-refractivity contribution is 5.63. The summed E-state index contributed by atoms with van der Waals surface area (Å²) in [6, 6.07) is 0. The van der Waals surface area contributed by atoms with Gasteiger partial charge in [0.15, 0.2) is 0 Å². The van der Waals surface area contributed by atoms with E-state index in [2.05, 4.69) is 10.6 Å². The highest BCUT2D eigenvalue weighted by atomic mass is 16.4. The standard InChI is InChI=1S/C7H14N2O2/c1-7(9-6(10)11)2-4-8-5-3-7/h8-9H,2-5H2,1H3,(H,10,11)/p-1. The lowest BCUT2D eigenvalue weighted by Crippen LogP contribution is -2.55. The first-order chi connectivity index (χ1) is 5.12. The summed E-state index contributed by atoms with van der Waals surface area (Å²) in [6.07, 6.45) is 0.497. The van der Waals surface area contributed by atoms with Crippen LogP contribution in [-0.4, -0.2) is 24.7 Å². The molecule has 1 fully saturated rings. The van der Waals surface area contributed by atoms with E-state index in [0.29, 0.717) is 0 Å². The Morgan fingerprint density at radius 3 is 2.55 bits per heavy atom. The van der Waals surface area contributed by atoms with Gasteiger partial charge in [0.25, 0.3) is 0 Å². The molecule has 1 aliphatic heterocycles. The summed E-state index contributed by atoms with van der Waals surface area (Å²) in [7, 11) is 0. The van der Waals surface area contributed by atoms with Crippen LogP contribution in [0.4, 0.5) is 4.79 Å². The van der Waals surface area contributed by atoms with Gasteiger partial charge in [-0.25, -0.2) is 0 Å². The fourth-order valence-corrected chi connectivity index (χ4v) is 1.35. The van der Waals surface area contributed by atoms with E-state index in [0.717, 1.165) is 25.9 Å². The number of hydrogen-bond donors (Lipinski definition) is 2. The molecular weight excluding hydrogens is 144 g/mol. The Morgan fingerprint density at radius 2 is 2.09 bits per heavy atom. The van der Waals surface area contributed by atoms with Crippen LogP contribution >= 0.6 is 0 Å². The first-order valence-corrected chi connectivity index (χ1v) is 3.82. The normalized spacial score (nSPS) is 22.6. The second-order valence-corrected chi connectivity index (χ2v) is 3.22. The molecule has 0 aliphatic carbocycles. The molecule has 1 heterocycles. The van der Waals surface area contributed by atoms with Crippen LogP contribution in [0.3, 0.4) is 0 Å². The third kappa shape index (κ3) is 2.38. The van der Waals surface area contributed by atoms with Crippen molar-refractivity contribution in [1.82, 2.24) is 10.6 Å². The third-order valence-corrected chi connectivity index (χ3v) is 2.11. The zero-order valence-electron chi connectivity index (χ0n) is 6.64. The molecule has 0 unspecified atom stereocenters. The van der Waals surface area contributed by atoms with E-state index < -0.39 is 6.09 Å². The quantitative estimate of drug-likeness (QED) is 0.516. The molecule has 4 nitrogen and oxygen atoms in total. The van der Waals surface area contributed by atoms with Gasteiger partial charge < -0.3 is 20.5 Å². The first kappa shape index (κ1) is 8.33.